The van der Waals surface area contributed by atoms with Crippen molar-refractivity contribution < 1.29 is 14.3 Å². The second-order valence-electron chi connectivity index (χ2n) is 6.17. The molecule has 0 aliphatic heterocycles. The zero-order chi connectivity index (χ0) is 19.8. The molecule has 1 atom stereocenters. The Morgan fingerprint density at radius 1 is 1.04 bits per heavy atom. The van der Waals surface area contributed by atoms with E-state index in [0.29, 0.717) is 18.0 Å². The molecule has 0 aliphatic rings. The summed E-state index contributed by atoms with van der Waals surface area (Å²) in [5.74, 6) is 0.538. The summed E-state index contributed by atoms with van der Waals surface area (Å²) in [5.41, 5.74) is 3.62. The van der Waals surface area contributed by atoms with Gasteiger partial charge < -0.3 is 15.4 Å². The van der Waals surface area contributed by atoms with E-state index in [1.807, 2.05) is 57.2 Å². The summed E-state index contributed by atoms with van der Waals surface area (Å²) >= 11 is 1.30. The molecular weight excluding hydrogens is 360 g/mol. The molecular formula is C21H26N2O3S. The van der Waals surface area contributed by atoms with E-state index in [1.165, 1.54) is 11.8 Å². The van der Waals surface area contributed by atoms with E-state index >= 15 is 0 Å². The number of anilines is 2. The first-order valence-electron chi connectivity index (χ1n) is 8.92. The van der Waals surface area contributed by atoms with Gasteiger partial charge in [-0.25, -0.2) is 0 Å². The fraction of sp³-hybridized carbons (Fsp3) is 0.333. The SMILES string of the molecule is CCOc1ccccc1NC(=O)CS[C@H](C)C(=O)Nc1cccc(C)c1C. The van der Waals surface area contributed by atoms with Crippen LogP contribution in [0, 0.1) is 13.8 Å². The molecule has 0 saturated carbocycles. The first-order valence-corrected chi connectivity index (χ1v) is 9.97. The summed E-state index contributed by atoms with van der Waals surface area (Å²) in [5, 5.41) is 5.43. The second kappa shape index (κ2) is 10.0. The first-order chi connectivity index (χ1) is 12.9. The topological polar surface area (TPSA) is 67.4 Å². The van der Waals surface area contributed by atoms with Crippen LogP contribution in [0.1, 0.15) is 25.0 Å². The molecule has 2 N–H and O–H groups in total. The van der Waals surface area contributed by atoms with Crippen LogP contribution in [0.25, 0.3) is 0 Å². The molecule has 0 bridgehead atoms. The van der Waals surface area contributed by atoms with E-state index in [2.05, 4.69) is 10.6 Å². The lowest BCUT2D eigenvalue weighted by atomic mass is 10.1. The minimum absolute atomic E-state index is 0.115. The molecule has 2 amide bonds. The van der Waals surface area contributed by atoms with Crippen molar-refractivity contribution in [2.75, 3.05) is 23.0 Å². The van der Waals surface area contributed by atoms with Crippen molar-refractivity contribution >= 4 is 35.0 Å². The van der Waals surface area contributed by atoms with Gasteiger partial charge in [-0.3, -0.25) is 9.59 Å². The lowest BCUT2D eigenvalue weighted by Crippen LogP contribution is -2.25. The highest BCUT2D eigenvalue weighted by Gasteiger charge is 2.17. The molecule has 0 saturated heterocycles. The summed E-state index contributed by atoms with van der Waals surface area (Å²) < 4.78 is 5.50. The highest BCUT2D eigenvalue weighted by molar-refractivity contribution is 8.01. The predicted molar refractivity (Wildman–Crippen MR) is 113 cm³/mol. The Morgan fingerprint density at radius 3 is 2.48 bits per heavy atom. The molecule has 144 valence electrons. The zero-order valence-electron chi connectivity index (χ0n) is 16.2. The van der Waals surface area contributed by atoms with Gasteiger partial charge in [0.2, 0.25) is 11.8 Å². The summed E-state index contributed by atoms with van der Waals surface area (Å²) in [6, 6.07) is 13.1. The average molecular weight is 387 g/mol. The number of carbonyl (C=O) groups excluding carboxylic acids is 2. The van der Waals surface area contributed by atoms with Gasteiger partial charge >= 0.3 is 0 Å². The summed E-state index contributed by atoms with van der Waals surface area (Å²) in [6.45, 7) is 8.20. The van der Waals surface area contributed by atoms with Gasteiger partial charge in [-0.2, -0.15) is 0 Å². The molecule has 0 spiro atoms. The number of para-hydroxylation sites is 2. The molecule has 0 aliphatic carbocycles. The third-order valence-corrected chi connectivity index (χ3v) is 5.30. The van der Waals surface area contributed by atoms with Crippen molar-refractivity contribution in [1.82, 2.24) is 0 Å². The normalized spacial score (nSPS) is 11.6. The molecule has 6 heteroatoms. The standard InChI is InChI=1S/C21H26N2O3S/c1-5-26-19-12-7-6-10-18(19)22-20(24)13-27-16(4)21(25)23-17-11-8-9-14(2)15(17)3/h6-12,16H,5,13H2,1-4H3,(H,22,24)(H,23,25)/t16-/m1/s1. The minimum atomic E-state index is -0.349. The maximum atomic E-state index is 12.4. The Bertz CT molecular complexity index is 808. The van der Waals surface area contributed by atoms with E-state index in [-0.39, 0.29) is 22.8 Å². The van der Waals surface area contributed by atoms with Gasteiger partial charge in [0.15, 0.2) is 0 Å². The quantitative estimate of drug-likeness (QED) is 0.706. The van der Waals surface area contributed by atoms with E-state index in [1.54, 1.807) is 13.0 Å². The molecule has 5 nitrogen and oxygen atoms in total. The number of nitrogens with one attached hydrogen (secondary N) is 2. The number of hydrogen-bond acceptors (Lipinski definition) is 4. The van der Waals surface area contributed by atoms with Gasteiger partial charge in [-0.15, -0.1) is 11.8 Å². The Labute approximate surface area is 164 Å². The Morgan fingerprint density at radius 2 is 1.74 bits per heavy atom. The van der Waals surface area contributed by atoms with E-state index in [9.17, 15) is 9.59 Å². The number of rotatable bonds is 8. The lowest BCUT2D eigenvalue weighted by Gasteiger charge is -2.15. The van der Waals surface area contributed by atoms with Crippen LogP contribution in [-0.2, 0) is 9.59 Å². The molecule has 0 radical (unpaired) electrons. The lowest BCUT2D eigenvalue weighted by molar-refractivity contribution is -0.115. The average Bonchev–Trinajstić information content (AvgIpc) is 2.65. The van der Waals surface area contributed by atoms with Crippen molar-refractivity contribution in [3.8, 4) is 5.75 Å². The fourth-order valence-electron chi connectivity index (χ4n) is 2.43. The van der Waals surface area contributed by atoms with Gasteiger partial charge in [0.25, 0.3) is 0 Å². The minimum Gasteiger partial charge on any atom is -0.492 e. The Kier molecular flexibility index (Phi) is 7.73. The molecule has 27 heavy (non-hydrogen) atoms. The molecule has 2 aromatic carbocycles. The van der Waals surface area contributed by atoms with E-state index in [4.69, 9.17) is 4.74 Å². The summed E-state index contributed by atoms with van der Waals surface area (Å²) in [7, 11) is 0. The van der Waals surface area contributed by atoms with Crippen LogP contribution in [0.5, 0.6) is 5.75 Å². The summed E-state index contributed by atoms with van der Waals surface area (Å²) in [6.07, 6.45) is 0. The Hall–Kier alpha value is -2.47. The number of benzene rings is 2. The molecule has 2 rings (SSSR count). The predicted octanol–water partition coefficient (Wildman–Crippen LogP) is 4.40. The van der Waals surface area contributed by atoms with E-state index in [0.717, 1.165) is 16.8 Å². The number of aryl methyl sites for hydroxylation is 1. The zero-order valence-corrected chi connectivity index (χ0v) is 17.0. The van der Waals surface area contributed by atoms with Crippen LogP contribution in [-0.4, -0.2) is 29.4 Å². The molecule has 0 fully saturated rings. The molecule has 0 unspecified atom stereocenters. The number of amides is 2. The number of thioether (sulfide) groups is 1. The van der Waals surface area contributed by atoms with Crippen molar-refractivity contribution in [1.29, 1.82) is 0 Å². The first kappa shape index (κ1) is 20.8. The van der Waals surface area contributed by atoms with Crippen LogP contribution < -0.4 is 15.4 Å². The van der Waals surface area contributed by atoms with Crippen molar-refractivity contribution in [2.24, 2.45) is 0 Å². The highest BCUT2D eigenvalue weighted by Crippen LogP contribution is 2.24. The van der Waals surface area contributed by atoms with Gasteiger partial charge in [0.1, 0.15) is 5.75 Å². The van der Waals surface area contributed by atoms with E-state index < -0.39 is 0 Å². The van der Waals surface area contributed by atoms with Crippen molar-refractivity contribution in [3.05, 3.63) is 53.6 Å². The fourth-order valence-corrected chi connectivity index (χ4v) is 3.12. The van der Waals surface area contributed by atoms with Crippen LogP contribution >= 0.6 is 11.8 Å². The van der Waals surface area contributed by atoms with Gasteiger partial charge in [0, 0.05) is 5.69 Å². The molecule has 0 heterocycles. The number of ether oxygens (including phenoxy) is 1. The third kappa shape index (κ3) is 6.03. The third-order valence-electron chi connectivity index (χ3n) is 4.16. The van der Waals surface area contributed by atoms with Crippen molar-refractivity contribution in [3.63, 3.8) is 0 Å². The van der Waals surface area contributed by atoms with Crippen LogP contribution in [0.4, 0.5) is 11.4 Å². The molecule has 0 aromatic heterocycles. The van der Waals surface area contributed by atoms with Gasteiger partial charge in [0.05, 0.1) is 23.3 Å². The van der Waals surface area contributed by atoms with Gasteiger partial charge in [-0.05, 0) is 57.0 Å². The Balaban J connectivity index is 1.87. The maximum Gasteiger partial charge on any atom is 0.237 e. The van der Waals surface area contributed by atoms with Gasteiger partial charge in [-0.1, -0.05) is 24.3 Å². The van der Waals surface area contributed by atoms with Crippen LogP contribution in [0.3, 0.4) is 0 Å². The maximum absolute atomic E-state index is 12.4. The molecule has 2 aromatic rings. The smallest absolute Gasteiger partial charge is 0.237 e. The van der Waals surface area contributed by atoms with Crippen LogP contribution in [0.15, 0.2) is 42.5 Å². The summed E-state index contributed by atoms with van der Waals surface area (Å²) in [4.78, 5) is 24.6. The second-order valence-corrected chi connectivity index (χ2v) is 7.50. The van der Waals surface area contributed by atoms with Crippen LogP contribution in [0.2, 0.25) is 0 Å². The largest absolute Gasteiger partial charge is 0.492 e. The van der Waals surface area contributed by atoms with Crippen molar-refractivity contribution in [2.45, 2.75) is 32.9 Å². The number of carbonyl (C=O) groups is 2. The monoisotopic (exact) mass is 386 g/mol. The highest BCUT2D eigenvalue weighted by atomic mass is 32.2. The number of hydrogen-bond donors (Lipinski definition) is 2.